The molecule has 0 aliphatic heterocycles. The molecule has 4 rings (SSSR count). The van der Waals surface area contributed by atoms with Gasteiger partial charge in [0.2, 0.25) is 0 Å². The predicted molar refractivity (Wildman–Crippen MR) is 148 cm³/mol. The van der Waals surface area contributed by atoms with Gasteiger partial charge in [-0.3, -0.25) is 9.59 Å². The van der Waals surface area contributed by atoms with Crippen molar-refractivity contribution in [2.75, 3.05) is 0 Å². The first-order chi connectivity index (χ1) is 18.1. The Balaban J connectivity index is 0.000000934. The molecule has 1 unspecified atom stereocenters. The van der Waals surface area contributed by atoms with Crippen molar-refractivity contribution in [2.24, 2.45) is 5.73 Å². The van der Waals surface area contributed by atoms with Gasteiger partial charge in [0.05, 0.1) is 6.33 Å². The van der Waals surface area contributed by atoms with E-state index in [-0.39, 0.29) is 0 Å². The summed E-state index contributed by atoms with van der Waals surface area (Å²) in [5.74, 6) is -1.26. The maximum atomic E-state index is 12.7. The topological polar surface area (TPSA) is 107 Å². The molecule has 0 radical (unpaired) electrons. The van der Waals surface area contributed by atoms with Crippen LogP contribution in [0.5, 0.6) is 0 Å². The van der Waals surface area contributed by atoms with Crippen LogP contribution < -0.4 is 5.73 Å². The fourth-order valence-electron chi connectivity index (χ4n) is 4.42. The summed E-state index contributed by atoms with van der Waals surface area (Å²) < 4.78 is 7.67. The van der Waals surface area contributed by atoms with E-state index in [2.05, 4.69) is 45.9 Å². The maximum absolute atomic E-state index is 12.7. The van der Waals surface area contributed by atoms with E-state index in [1.807, 2.05) is 81.7 Å². The summed E-state index contributed by atoms with van der Waals surface area (Å²) in [6.07, 6.45) is 3.90. The molecule has 1 atom stereocenters. The number of nitrogens with zero attached hydrogens (tertiary/aromatic N) is 2. The van der Waals surface area contributed by atoms with Crippen molar-refractivity contribution in [1.82, 2.24) is 9.55 Å². The smallest absolute Gasteiger partial charge is 0.323 e. The van der Waals surface area contributed by atoms with Crippen molar-refractivity contribution in [2.45, 2.75) is 51.3 Å². The van der Waals surface area contributed by atoms with Crippen LogP contribution in [0, 0.1) is 0 Å². The zero-order valence-electron chi connectivity index (χ0n) is 22.2. The maximum Gasteiger partial charge on any atom is 0.323 e. The molecule has 7 heteroatoms. The highest BCUT2D eigenvalue weighted by atomic mass is 16.6. The zero-order chi connectivity index (χ0) is 27.8. The Morgan fingerprint density at radius 2 is 1.26 bits per heavy atom. The van der Waals surface area contributed by atoms with Gasteiger partial charge in [-0.15, -0.1) is 0 Å². The SMILES string of the molecule is CC(=O)O.CC(C)(C)OC(=O)C(N)Cc1cncn1C(c1ccccc1)(c1ccccc1)c1ccccc1. The number of nitrogens with two attached hydrogens (primary N) is 1. The fourth-order valence-corrected chi connectivity index (χ4v) is 4.42. The van der Waals surface area contributed by atoms with E-state index in [4.69, 9.17) is 20.4 Å². The molecule has 3 aromatic carbocycles. The van der Waals surface area contributed by atoms with Crippen LogP contribution in [0.1, 0.15) is 50.1 Å². The molecule has 0 fully saturated rings. The Labute approximate surface area is 223 Å². The average Bonchev–Trinajstić information content (AvgIpc) is 3.33. The first kappa shape index (κ1) is 28.3. The van der Waals surface area contributed by atoms with Gasteiger partial charge in [-0.25, -0.2) is 4.98 Å². The third-order valence-corrected chi connectivity index (χ3v) is 5.79. The lowest BCUT2D eigenvalue weighted by atomic mass is 9.76. The van der Waals surface area contributed by atoms with Gasteiger partial charge in [0.1, 0.15) is 17.2 Å². The Hall–Kier alpha value is -4.23. The number of carboxylic acid groups (broad SMARTS) is 1. The van der Waals surface area contributed by atoms with Crippen LogP contribution in [-0.2, 0) is 26.3 Å². The minimum Gasteiger partial charge on any atom is -0.481 e. The van der Waals surface area contributed by atoms with Crippen molar-refractivity contribution in [3.05, 3.63) is 126 Å². The van der Waals surface area contributed by atoms with E-state index in [0.717, 1.165) is 29.3 Å². The van der Waals surface area contributed by atoms with E-state index in [9.17, 15) is 4.79 Å². The van der Waals surface area contributed by atoms with Crippen LogP contribution >= 0.6 is 0 Å². The summed E-state index contributed by atoms with van der Waals surface area (Å²) in [6.45, 7) is 6.60. The van der Waals surface area contributed by atoms with E-state index in [1.165, 1.54) is 0 Å². The van der Waals surface area contributed by atoms with Gasteiger partial charge in [-0.1, -0.05) is 91.0 Å². The summed E-state index contributed by atoms with van der Waals surface area (Å²) in [4.78, 5) is 26.2. The molecule has 7 nitrogen and oxygen atoms in total. The number of hydrogen-bond acceptors (Lipinski definition) is 5. The number of carbonyl (C=O) groups is 2. The molecule has 3 N–H and O–H groups in total. The van der Waals surface area contributed by atoms with Crippen LogP contribution in [0.4, 0.5) is 0 Å². The molecular formula is C31H35N3O4. The molecule has 198 valence electrons. The number of aromatic nitrogens is 2. The van der Waals surface area contributed by atoms with E-state index in [1.54, 1.807) is 6.20 Å². The minimum atomic E-state index is -0.833. The zero-order valence-corrected chi connectivity index (χ0v) is 22.2. The molecule has 0 aliphatic carbocycles. The number of ether oxygens (including phenoxy) is 1. The number of hydrogen-bond donors (Lipinski definition) is 2. The summed E-state index contributed by atoms with van der Waals surface area (Å²) in [5, 5.41) is 7.42. The number of aliphatic carboxylic acids is 1. The summed E-state index contributed by atoms with van der Waals surface area (Å²) in [6, 6.07) is 30.2. The van der Waals surface area contributed by atoms with Gasteiger partial charge in [-0.2, -0.15) is 0 Å². The minimum absolute atomic E-state index is 0.295. The quantitative estimate of drug-likeness (QED) is 0.265. The molecule has 38 heavy (non-hydrogen) atoms. The Morgan fingerprint density at radius 3 is 1.63 bits per heavy atom. The number of esters is 1. The van der Waals surface area contributed by atoms with Crippen molar-refractivity contribution >= 4 is 11.9 Å². The van der Waals surface area contributed by atoms with Crippen LogP contribution in [0.3, 0.4) is 0 Å². The Bertz CT molecular complexity index is 1210. The molecule has 0 aliphatic rings. The Morgan fingerprint density at radius 1 is 0.868 bits per heavy atom. The number of carboxylic acids is 1. The highest BCUT2D eigenvalue weighted by Gasteiger charge is 2.40. The third-order valence-electron chi connectivity index (χ3n) is 5.79. The normalized spacial score (nSPS) is 12.1. The molecular weight excluding hydrogens is 478 g/mol. The van der Waals surface area contributed by atoms with Gasteiger partial charge in [0.15, 0.2) is 0 Å². The fraction of sp³-hybridized carbons (Fsp3) is 0.258. The second kappa shape index (κ2) is 12.3. The second-order valence-corrected chi connectivity index (χ2v) is 9.93. The third kappa shape index (κ3) is 6.75. The molecule has 0 spiro atoms. The van der Waals surface area contributed by atoms with E-state index >= 15 is 0 Å². The summed E-state index contributed by atoms with van der Waals surface area (Å²) in [7, 11) is 0. The van der Waals surface area contributed by atoms with Gasteiger partial charge in [0.25, 0.3) is 5.97 Å². The van der Waals surface area contributed by atoms with Gasteiger partial charge in [0, 0.05) is 25.2 Å². The molecule has 4 aromatic rings. The second-order valence-electron chi connectivity index (χ2n) is 9.93. The van der Waals surface area contributed by atoms with Crippen molar-refractivity contribution in [1.29, 1.82) is 0 Å². The average molecular weight is 514 g/mol. The lowest BCUT2D eigenvalue weighted by Crippen LogP contribution is -2.42. The monoisotopic (exact) mass is 513 g/mol. The van der Waals surface area contributed by atoms with Crippen LogP contribution in [0.25, 0.3) is 0 Å². The van der Waals surface area contributed by atoms with Crippen LogP contribution in [-0.4, -0.2) is 38.2 Å². The number of rotatable bonds is 7. The lowest BCUT2D eigenvalue weighted by molar-refractivity contribution is -0.156. The van der Waals surface area contributed by atoms with Crippen molar-refractivity contribution < 1.29 is 19.4 Å². The molecule has 0 amide bonds. The number of imidazole rings is 1. The first-order valence-electron chi connectivity index (χ1n) is 12.4. The van der Waals surface area contributed by atoms with E-state index < -0.39 is 29.1 Å². The van der Waals surface area contributed by atoms with Crippen molar-refractivity contribution in [3.63, 3.8) is 0 Å². The molecule has 1 heterocycles. The van der Waals surface area contributed by atoms with Crippen LogP contribution in [0.15, 0.2) is 104 Å². The molecule has 0 saturated carbocycles. The van der Waals surface area contributed by atoms with Gasteiger partial charge >= 0.3 is 5.97 Å². The van der Waals surface area contributed by atoms with Crippen molar-refractivity contribution in [3.8, 4) is 0 Å². The largest absolute Gasteiger partial charge is 0.481 e. The van der Waals surface area contributed by atoms with Gasteiger partial charge in [-0.05, 0) is 37.5 Å². The molecule has 1 aromatic heterocycles. The van der Waals surface area contributed by atoms with Crippen LogP contribution in [0.2, 0.25) is 0 Å². The number of benzene rings is 3. The van der Waals surface area contributed by atoms with Gasteiger partial charge < -0.3 is 20.1 Å². The number of carbonyl (C=O) groups excluding carboxylic acids is 1. The summed E-state index contributed by atoms with van der Waals surface area (Å²) >= 11 is 0. The summed E-state index contributed by atoms with van der Waals surface area (Å²) in [5.41, 5.74) is 9.11. The highest BCUT2D eigenvalue weighted by molar-refractivity contribution is 5.76. The van der Waals surface area contributed by atoms with E-state index in [0.29, 0.717) is 6.42 Å². The highest BCUT2D eigenvalue weighted by Crippen LogP contribution is 2.41. The Kier molecular flexibility index (Phi) is 9.20. The predicted octanol–water partition coefficient (Wildman–Crippen LogP) is 5.03. The first-order valence-corrected chi connectivity index (χ1v) is 12.4. The molecule has 0 bridgehead atoms. The molecule has 0 saturated heterocycles. The lowest BCUT2D eigenvalue weighted by Gasteiger charge is -2.39. The standard InChI is InChI=1S/C29H31N3O2.C2H4O2/c1-28(2,3)34-27(33)26(30)19-25-20-31-21-32(25)29(22-13-7-4-8-14-22,23-15-9-5-10-16-23)24-17-11-6-12-18-24;1-2(3)4/h4-18,20-21,26H,19,30H2,1-3H3;1H3,(H,3,4).